The number of benzene rings is 3. The lowest BCUT2D eigenvalue weighted by atomic mass is 10.0. The molecule has 0 saturated heterocycles. The molecule has 4 rings (SSSR count). The van der Waals surface area contributed by atoms with Gasteiger partial charge in [-0.25, -0.2) is 9.59 Å². The van der Waals surface area contributed by atoms with E-state index in [0.717, 1.165) is 42.4 Å². The van der Waals surface area contributed by atoms with E-state index in [0.29, 0.717) is 13.2 Å². The molecule has 0 atom stereocenters. The summed E-state index contributed by atoms with van der Waals surface area (Å²) in [6.07, 6.45) is 9.44. The predicted molar refractivity (Wildman–Crippen MR) is 154 cm³/mol. The highest BCUT2D eigenvalue weighted by Gasteiger charge is 2.14. The summed E-state index contributed by atoms with van der Waals surface area (Å²) in [5.74, 6) is -0.596. The molecule has 0 aliphatic heterocycles. The number of aromatic nitrogens is 1. The van der Waals surface area contributed by atoms with Crippen molar-refractivity contribution < 1.29 is 19.1 Å². The zero-order chi connectivity index (χ0) is 26.9. The van der Waals surface area contributed by atoms with E-state index < -0.39 is 0 Å². The topological polar surface area (TPSA) is 57.5 Å². The van der Waals surface area contributed by atoms with Crippen LogP contribution in [0.1, 0.15) is 43.4 Å². The van der Waals surface area contributed by atoms with E-state index in [1.165, 1.54) is 39.6 Å². The number of fused-ring (bicyclic) bond motifs is 3. The smallest absolute Gasteiger partial charge is 0.330 e. The molecule has 0 fully saturated rings. The number of hydrogen-bond donors (Lipinski definition) is 0. The number of aryl methyl sites for hydroxylation is 3. The van der Waals surface area contributed by atoms with E-state index in [-0.39, 0.29) is 11.9 Å². The number of ether oxygens (including phenoxy) is 2. The average Bonchev–Trinajstić information content (AvgIpc) is 3.23. The molecule has 0 aliphatic rings. The Kier molecular flexibility index (Phi) is 9.15. The third kappa shape index (κ3) is 6.60. The quantitative estimate of drug-likeness (QED) is 0.122. The fourth-order valence-electron chi connectivity index (χ4n) is 4.67. The second-order valence-corrected chi connectivity index (χ2v) is 9.42. The van der Waals surface area contributed by atoms with Crippen LogP contribution in [0.25, 0.3) is 27.5 Å². The van der Waals surface area contributed by atoms with Crippen molar-refractivity contribution in [3.8, 4) is 5.69 Å². The van der Waals surface area contributed by atoms with Gasteiger partial charge in [0.2, 0.25) is 0 Å². The first-order valence-corrected chi connectivity index (χ1v) is 13.2. The molecule has 0 radical (unpaired) electrons. The Balaban J connectivity index is 1.62. The van der Waals surface area contributed by atoms with Crippen LogP contribution in [0.2, 0.25) is 0 Å². The zero-order valence-corrected chi connectivity index (χ0v) is 22.4. The van der Waals surface area contributed by atoms with Crippen LogP contribution in [0.3, 0.4) is 0 Å². The molecule has 196 valence electrons. The molecule has 5 nitrogen and oxygen atoms in total. The lowest BCUT2D eigenvalue weighted by molar-refractivity contribution is -0.138. The summed E-state index contributed by atoms with van der Waals surface area (Å²) in [4.78, 5) is 23.2. The molecule has 1 aromatic heterocycles. The van der Waals surface area contributed by atoms with Gasteiger partial charge >= 0.3 is 11.9 Å². The van der Waals surface area contributed by atoms with Crippen LogP contribution in [-0.2, 0) is 31.9 Å². The van der Waals surface area contributed by atoms with Crippen LogP contribution in [0.15, 0.2) is 85.0 Å². The molecule has 0 bridgehead atoms. The Labute approximate surface area is 224 Å². The minimum Gasteiger partial charge on any atom is -0.463 e. The van der Waals surface area contributed by atoms with Crippen LogP contribution in [-0.4, -0.2) is 29.7 Å². The molecule has 0 unspecified atom stereocenters. The first-order valence-electron chi connectivity index (χ1n) is 13.2. The molecule has 1 heterocycles. The summed E-state index contributed by atoms with van der Waals surface area (Å²) in [6.45, 7) is 6.49. The van der Waals surface area contributed by atoms with Gasteiger partial charge in [0.1, 0.15) is 0 Å². The van der Waals surface area contributed by atoms with Crippen LogP contribution in [0.4, 0.5) is 0 Å². The Morgan fingerprint density at radius 3 is 1.63 bits per heavy atom. The number of carbonyl (C=O) groups is 2. The Morgan fingerprint density at radius 1 is 0.711 bits per heavy atom. The summed E-state index contributed by atoms with van der Waals surface area (Å²) in [6, 6.07) is 21.8. The average molecular weight is 510 g/mol. The number of carbonyl (C=O) groups excluding carboxylic acids is 2. The van der Waals surface area contributed by atoms with Crippen LogP contribution in [0, 0.1) is 6.92 Å². The largest absolute Gasteiger partial charge is 0.463 e. The van der Waals surface area contributed by atoms with E-state index in [1.807, 2.05) is 0 Å². The summed E-state index contributed by atoms with van der Waals surface area (Å²) in [7, 11) is 0. The third-order valence-corrected chi connectivity index (χ3v) is 6.50. The second kappa shape index (κ2) is 12.9. The fraction of sp³-hybridized carbons (Fsp3) is 0.273. The fourth-order valence-corrected chi connectivity index (χ4v) is 4.67. The van der Waals surface area contributed by atoms with Gasteiger partial charge in [-0.05, 0) is 94.0 Å². The van der Waals surface area contributed by atoms with Crippen molar-refractivity contribution in [2.75, 3.05) is 13.2 Å². The van der Waals surface area contributed by atoms with Gasteiger partial charge in [-0.2, -0.15) is 0 Å². The van der Waals surface area contributed by atoms with E-state index in [2.05, 4.69) is 72.2 Å². The van der Waals surface area contributed by atoms with Gasteiger partial charge in [0, 0.05) is 28.6 Å². The Morgan fingerprint density at radius 2 is 1.18 bits per heavy atom. The van der Waals surface area contributed by atoms with Gasteiger partial charge in [0.25, 0.3) is 0 Å². The van der Waals surface area contributed by atoms with Crippen molar-refractivity contribution in [2.24, 2.45) is 0 Å². The minimum absolute atomic E-state index is 0.298. The van der Waals surface area contributed by atoms with Gasteiger partial charge in [-0.3, -0.25) is 0 Å². The van der Waals surface area contributed by atoms with Crippen LogP contribution >= 0.6 is 0 Å². The summed E-state index contributed by atoms with van der Waals surface area (Å²) < 4.78 is 12.8. The monoisotopic (exact) mass is 509 g/mol. The maximum Gasteiger partial charge on any atom is 0.330 e. The second-order valence-electron chi connectivity index (χ2n) is 9.42. The van der Waals surface area contributed by atoms with E-state index >= 15 is 0 Å². The Hall–Kier alpha value is -4.12. The molecule has 0 N–H and O–H groups in total. The van der Waals surface area contributed by atoms with Gasteiger partial charge in [0.15, 0.2) is 0 Å². The minimum atomic E-state index is -0.298. The number of rotatable bonds is 11. The third-order valence-electron chi connectivity index (χ3n) is 6.50. The highest BCUT2D eigenvalue weighted by molar-refractivity contribution is 6.09. The summed E-state index contributed by atoms with van der Waals surface area (Å²) >= 11 is 0. The van der Waals surface area contributed by atoms with Gasteiger partial charge in [-0.1, -0.05) is 42.0 Å². The summed E-state index contributed by atoms with van der Waals surface area (Å²) in [5, 5.41) is 2.40. The van der Waals surface area contributed by atoms with Crippen LogP contribution < -0.4 is 0 Å². The molecule has 0 aliphatic carbocycles. The van der Waals surface area contributed by atoms with E-state index in [1.54, 1.807) is 26.0 Å². The first kappa shape index (κ1) is 26.9. The number of esters is 2. The highest BCUT2D eigenvalue weighted by atomic mass is 16.5. The van der Waals surface area contributed by atoms with Gasteiger partial charge in [-0.15, -0.1) is 0 Å². The molecular weight excluding hydrogens is 474 g/mol. The number of nitrogens with zero attached hydrogens (tertiary/aromatic N) is 1. The predicted octanol–water partition coefficient (Wildman–Crippen LogP) is 7.20. The zero-order valence-electron chi connectivity index (χ0n) is 22.4. The lowest BCUT2D eigenvalue weighted by Gasteiger charge is -2.09. The van der Waals surface area contributed by atoms with Crippen molar-refractivity contribution in [3.05, 3.63) is 102 Å². The van der Waals surface area contributed by atoms with Crippen molar-refractivity contribution in [3.63, 3.8) is 0 Å². The Bertz CT molecular complexity index is 1390. The van der Waals surface area contributed by atoms with Gasteiger partial charge in [0.05, 0.1) is 24.2 Å². The molecule has 38 heavy (non-hydrogen) atoms. The maximum absolute atomic E-state index is 11.6. The molecular formula is C33H35NO4. The molecule has 0 spiro atoms. The molecule has 0 amide bonds. The first-order chi connectivity index (χ1) is 18.5. The number of hydrogen-bond acceptors (Lipinski definition) is 4. The lowest BCUT2D eigenvalue weighted by Crippen LogP contribution is -2.03. The SMILES string of the molecule is C/C=C/C(=O)OCCCc1ccc2c(c1)c1cc(CCCOC(=O)/C=C/C)ccc1n2-c1ccc(C)cc1. The molecule has 0 saturated carbocycles. The van der Waals surface area contributed by atoms with Crippen molar-refractivity contribution in [1.82, 2.24) is 4.57 Å². The standard InChI is InChI=1S/C33H35NO4/c1-4-8-32(35)37-20-6-10-25-14-18-30-28(22-25)29-23-26(11-7-21-38-33(36)9-5-2)15-19-31(29)34(30)27-16-12-24(3)13-17-27/h4-5,8-9,12-19,22-23H,6-7,10-11,20-21H2,1-3H3/b8-4+,9-5+. The normalized spacial score (nSPS) is 11.7. The highest BCUT2D eigenvalue weighted by Crippen LogP contribution is 2.34. The van der Waals surface area contributed by atoms with Crippen LogP contribution in [0.5, 0.6) is 0 Å². The maximum atomic E-state index is 11.6. The van der Waals surface area contributed by atoms with Crippen molar-refractivity contribution in [2.45, 2.75) is 46.5 Å². The van der Waals surface area contributed by atoms with Crippen molar-refractivity contribution >= 4 is 33.7 Å². The molecule has 5 heteroatoms. The molecule has 4 aromatic rings. The molecule has 3 aromatic carbocycles. The number of allylic oxidation sites excluding steroid dienone is 2. The summed E-state index contributed by atoms with van der Waals surface area (Å²) in [5.41, 5.74) is 7.09. The van der Waals surface area contributed by atoms with Gasteiger partial charge < -0.3 is 14.0 Å². The van der Waals surface area contributed by atoms with Crippen molar-refractivity contribution in [1.29, 1.82) is 0 Å². The van der Waals surface area contributed by atoms with E-state index in [4.69, 9.17) is 9.47 Å². The van der Waals surface area contributed by atoms with E-state index in [9.17, 15) is 9.59 Å².